The largest absolute Gasteiger partial charge is 0.480 e. The van der Waals surface area contributed by atoms with Crippen LogP contribution in [0.2, 0.25) is 0 Å². The van der Waals surface area contributed by atoms with E-state index in [4.69, 9.17) is 10.2 Å². The number of carboxylic acids is 2. The minimum atomic E-state index is -1.51. The van der Waals surface area contributed by atoms with Crippen LogP contribution in [0, 0.1) is 5.41 Å². The predicted molar refractivity (Wildman–Crippen MR) is 50.0 cm³/mol. The molecule has 0 heterocycles. The van der Waals surface area contributed by atoms with E-state index in [0.717, 1.165) is 19.3 Å². The summed E-state index contributed by atoms with van der Waals surface area (Å²) in [5.74, 6) is -2.35. The summed E-state index contributed by atoms with van der Waals surface area (Å²) >= 11 is 0. The van der Waals surface area contributed by atoms with Gasteiger partial charge in [0.05, 0.1) is 0 Å². The number of hydrogen-bond acceptors (Lipinski definition) is 2. The van der Waals surface area contributed by atoms with Gasteiger partial charge in [0.1, 0.15) is 0 Å². The van der Waals surface area contributed by atoms with Crippen LogP contribution in [0.15, 0.2) is 0 Å². The molecule has 0 bridgehead atoms. The molecule has 4 nitrogen and oxygen atoms in total. The van der Waals surface area contributed by atoms with Crippen LogP contribution in [0.5, 0.6) is 0 Å². The standard InChI is InChI=1S/C10H16O4/c11-8(12)10(9(13)14)6-4-2-1-3-5-7-10/h1-7H2,(H,11,12)(H,13,14). The highest BCUT2D eigenvalue weighted by molar-refractivity contribution is 5.98. The third-order valence-corrected chi connectivity index (χ3v) is 3.03. The summed E-state index contributed by atoms with van der Waals surface area (Å²) in [5, 5.41) is 18.0. The van der Waals surface area contributed by atoms with Crippen LogP contribution in [-0.2, 0) is 9.59 Å². The molecule has 0 aliphatic heterocycles. The molecule has 0 aromatic heterocycles. The van der Waals surface area contributed by atoms with Crippen molar-refractivity contribution in [2.75, 3.05) is 0 Å². The highest BCUT2D eigenvalue weighted by atomic mass is 16.4. The molecule has 1 saturated carbocycles. The van der Waals surface area contributed by atoms with Gasteiger partial charge in [0.2, 0.25) is 0 Å². The van der Waals surface area contributed by atoms with Gasteiger partial charge in [0.15, 0.2) is 5.41 Å². The SMILES string of the molecule is O=C(O)C1(C(=O)O)CCCCCCC1. The third kappa shape index (κ3) is 2.05. The van der Waals surface area contributed by atoms with Gasteiger partial charge in [-0.2, -0.15) is 0 Å². The molecule has 1 aliphatic carbocycles. The first-order valence-electron chi connectivity index (χ1n) is 5.06. The van der Waals surface area contributed by atoms with Crippen LogP contribution in [-0.4, -0.2) is 22.2 Å². The molecule has 1 fully saturated rings. The fourth-order valence-electron chi connectivity index (χ4n) is 2.03. The van der Waals surface area contributed by atoms with Crippen molar-refractivity contribution in [3.8, 4) is 0 Å². The van der Waals surface area contributed by atoms with Crippen LogP contribution < -0.4 is 0 Å². The lowest BCUT2D eigenvalue weighted by molar-refractivity contribution is -0.166. The van der Waals surface area contributed by atoms with Crippen molar-refractivity contribution >= 4 is 11.9 Å². The molecule has 80 valence electrons. The monoisotopic (exact) mass is 200 g/mol. The smallest absolute Gasteiger partial charge is 0.321 e. The fourth-order valence-corrected chi connectivity index (χ4v) is 2.03. The van der Waals surface area contributed by atoms with Crippen molar-refractivity contribution in [3.63, 3.8) is 0 Å². The summed E-state index contributed by atoms with van der Waals surface area (Å²) in [6.07, 6.45) is 4.95. The van der Waals surface area contributed by atoms with Crippen molar-refractivity contribution in [1.82, 2.24) is 0 Å². The average molecular weight is 200 g/mol. The van der Waals surface area contributed by atoms with Crippen molar-refractivity contribution in [1.29, 1.82) is 0 Å². The quantitative estimate of drug-likeness (QED) is 0.667. The van der Waals surface area contributed by atoms with Gasteiger partial charge in [-0.3, -0.25) is 9.59 Å². The number of carboxylic acid groups (broad SMARTS) is 2. The van der Waals surface area contributed by atoms with Crippen LogP contribution in [0.4, 0.5) is 0 Å². The first-order valence-corrected chi connectivity index (χ1v) is 5.06. The van der Waals surface area contributed by atoms with Crippen molar-refractivity contribution in [2.45, 2.75) is 44.9 Å². The normalized spacial score (nSPS) is 22.0. The maximum atomic E-state index is 11.0. The van der Waals surface area contributed by atoms with Crippen LogP contribution >= 0.6 is 0 Å². The summed E-state index contributed by atoms with van der Waals surface area (Å²) in [5.41, 5.74) is -1.51. The van der Waals surface area contributed by atoms with Gasteiger partial charge >= 0.3 is 11.9 Å². The second kappa shape index (κ2) is 4.44. The predicted octanol–water partition coefficient (Wildman–Crippen LogP) is 1.89. The first kappa shape index (κ1) is 11.0. The molecule has 14 heavy (non-hydrogen) atoms. The lowest BCUT2D eigenvalue weighted by Crippen LogP contribution is -2.39. The molecule has 0 atom stereocenters. The minimum absolute atomic E-state index is 0.275. The average Bonchev–Trinajstić information content (AvgIpc) is 2.02. The summed E-state index contributed by atoms with van der Waals surface area (Å²) in [4.78, 5) is 22.0. The maximum absolute atomic E-state index is 11.0. The minimum Gasteiger partial charge on any atom is -0.480 e. The van der Waals surface area contributed by atoms with E-state index in [1.807, 2.05) is 0 Å². The van der Waals surface area contributed by atoms with Crippen molar-refractivity contribution < 1.29 is 19.8 Å². The van der Waals surface area contributed by atoms with Gasteiger partial charge in [-0.1, -0.05) is 32.1 Å². The topological polar surface area (TPSA) is 74.6 Å². The molecule has 0 aromatic carbocycles. The van der Waals surface area contributed by atoms with Crippen molar-refractivity contribution in [3.05, 3.63) is 0 Å². The zero-order valence-electron chi connectivity index (χ0n) is 8.16. The Morgan fingerprint density at radius 3 is 1.50 bits per heavy atom. The Bertz CT molecular complexity index is 210. The van der Waals surface area contributed by atoms with Crippen LogP contribution in [0.25, 0.3) is 0 Å². The van der Waals surface area contributed by atoms with Crippen molar-refractivity contribution in [2.24, 2.45) is 5.41 Å². The Labute approximate surface area is 82.9 Å². The lowest BCUT2D eigenvalue weighted by Gasteiger charge is -2.26. The second-order valence-corrected chi connectivity index (χ2v) is 3.96. The molecule has 4 heteroatoms. The first-order chi connectivity index (χ1) is 6.59. The summed E-state index contributed by atoms with van der Waals surface area (Å²) in [6, 6.07) is 0. The van der Waals surface area contributed by atoms with E-state index in [2.05, 4.69) is 0 Å². The van der Waals surface area contributed by atoms with E-state index in [-0.39, 0.29) is 12.8 Å². The zero-order chi connectivity index (χ0) is 10.6. The number of carbonyl (C=O) groups is 2. The molecule has 0 spiro atoms. The lowest BCUT2D eigenvalue weighted by atomic mass is 9.76. The van der Waals surface area contributed by atoms with E-state index in [9.17, 15) is 9.59 Å². The van der Waals surface area contributed by atoms with Gasteiger partial charge in [0, 0.05) is 0 Å². The third-order valence-electron chi connectivity index (χ3n) is 3.03. The number of hydrogen-bond donors (Lipinski definition) is 2. The van der Waals surface area contributed by atoms with E-state index in [1.54, 1.807) is 0 Å². The zero-order valence-corrected chi connectivity index (χ0v) is 8.16. The van der Waals surface area contributed by atoms with Gasteiger partial charge < -0.3 is 10.2 Å². The molecule has 1 aliphatic rings. The molecule has 0 unspecified atom stereocenters. The van der Waals surface area contributed by atoms with E-state index in [0.29, 0.717) is 12.8 Å². The van der Waals surface area contributed by atoms with Crippen LogP contribution in [0.3, 0.4) is 0 Å². The van der Waals surface area contributed by atoms with Gasteiger partial charge in [0.25, 0.3) is 0 Å². The molecule has 0 saturated heterocycles. The highest BCUT2D eigenvalue weighted by Gasteiger charge is 2.45. The number of rotatable bonds is 2. The molecule has 0 radical (unpaired) electrons. The second-order valence-electron chi connectivity index (χ2n) is 3.96. The molecule has 0 amide bonds. The molecule has 2 N–H and O–H groups in total. The Hall–Kier alpha value is -1.06. The van der Waals surface area contributed by atoms with E-state index in [1.165, 1.54) is 0 Å². The molecule has 1 rings (SSSR count). The fraction of sp³-hybridized carbons (Fsp3) is 0.800. The van der Waals surface area contributed by atoms with Gasteiger partial charge in [-0.25, -0.2) is 0 Å². The molecular formula is C10H16O4. The molecular weight excluding hydrogens is 184 g/mol. The van der Waals surface area contributed by atoms with E-state index >= 15 is 0 Å². The Morgan fingerprint density at radius 1 is 0.786 bits per heavy atom. The summed E-state index contributed by atoms with van der Waals surface area (Å²) < 4.78 is 0. The van der Waals surface area contributed by atoms with Gasteiger partial charge in [-0.15, -0.1) is 0 Å². The van der Waals surface area contributed by atoms with E-state index < -0.39 is 17.4 Å². The number of aliphatic carboxylic acids is 2. The Balaban J connectivity index is 2.81. The van der Waals surface area contributed by atoms with Crippen LogP contribution in [0.1, 0.15) is 44.9 Å². The Kier molecular flexibility index (Phi) is 3.49. The molecule has 0 aromatic rings. The van der Waals surface area contributed by atoms with Gasteiger partial charge in [-0.05, 0) is 12.8 Å². The highest BCUT2D eigenvalue weighted by Crippen LogP contribution is 2.34. The summed E-state index contributed by atoms with van der Waals surface area (Å²) in [7, 11) is 0. The summed E-state index contributed by atoms with van der Waals surface area (Å²) in [6.45, 7) is 0. The Morgan fingerprint density at radius 2 is 1.14 bits per heavy atom. The maximum Gasteiger partial charge on any atom is 0.321 e.